The number of anilines is 3. The minimum Gasteiger partial charge on any atom is -0.456 e. The third-order valence-electron chi connectivity index (χ3n) is 10.9. The SMILES string of the molecule is c1ccc(-c2cccc(N(c3ccc(-c4ccc5ccc6oc7ccccc7c6c5c4)cc3)c3ccc(-c4cccc5c4sc4ccccc45)cc3)c2)cc1. The van der Waals surface area contributed by atoms with Crippen LogP contribution in [-0.2, 0) is 0 Å². The van der Waals surface area contributed by atoms with E-state index in [-0.39, 0.29) is 0 Å². The molecule has 0 aliphatic heterocycles. The number of hydrogen-bond acceptors (Lipinski definition) is 3. The van der Waals surface area contributed by atoms with Crippen LogP contribution in [0.15, 0.2) is 205 Å². The molecule has 2 heterocycles. The highest BCUT2D eigenvalue weighted by molar-refractivity contribution is 7.26. The highest BCUT2D eigenvalue weighted by Gasteiger charge is 2.17. The van der Waals surface area contributed by atoms with Gasteiger partial charge in [-0.2, -0.15) is 0 Å². The molecule has 0 aliphatic carbocycles. The van der Waals surface area contributed by atoms with Crippen LogP contribution in [0.1, 0.15) is 0 Å². The molecule has 0 fully saturated rings. The second-order valence-electron chi connectivity index (χ2n) is 14.1. The van der Waals surface area contributed by atoms with Gasteiger partial charge < -0.3 is 9.32 Å². The van der Waals surface area contributed by atoms with Gasteiger partial charge in [-0.1, -0.05) is 140 Å². The van der Waals surface area contributed by atoms with Crippen LogP contribution in [0.5, 0.6) is 0 Å². The molecule has 3 heteroatoms. The van der Waals surface area contributed by atoms with Crippen molar-refractivity contribution in [3.05, 3.63) is 200 Å². The van der Waals surface area contributed by atoms with E-state index in [9.17, 15) is 0 Å². The quantitative estimate of drug-likeness (QED) is 0.170. The lowest BCUT2D eigenvalue weighted by molar-refractivity contribution is 0.669. The van der Waals surface area contributed by atoms with Crippen molar-refractivity contribution in [1.82, 2.24) is 0 Å². The molecule has 0 aliphatic rings. The standard InChI is InChI=1S/C52H33NOS/c1-2-10-34(11-3-1)38-12-8-13-42(32-38)53(41-29-24-36(25-30-41)43-16-9-17-45-44-14-5-7-19-50(44)55-52(43)45)40-27-22-35(23-28-40)39-21-20-37-26-31-49-51(47(37)33-39)46-15-4-6-18-48(46)54-49/h1-33H. The fraction of sp³-hybridized carbons (Fsp3) is 0. The Bertz CT molecular complexity index is 3190. The first-order valence-corrected chi connectivity index (χ1v) is 19.5. The van der Waals surface area contributed by atoms with E-state index in [0.29, 0.717) is 0 Å². The third-order valence-corrected chi connectivity index (χ3v) is 12.1. The van der Waals surface area contributed by atoms with E-state index in [2.05, 4.69) is 193 Å². The lowest BCUT2D eigenvalue weighted by Crippen LogP contribution is -2.10. The minimum atomic E-state index is 0.918. The molecule has 0 radical (unpaired) electrons. The summed E-state index contributed by atoms with van der Waals surface area (Å²) in [5.41, 5.74) is 12.3. The fourth-order valence-electron chi connectivity index (χ4n) is 8.19. The predicted molar refractivity (Wildman–Crippen MR) is 235 cm³/mol. The van der Waals surface area contributed by atoms with Gasteiger partial charge in [-0.15, -0.1) is 11.3 Å². The molecule has 11 rings (SSSR count). The molecule has 0 bridgehead atoms. The van der Waals surface area contributed by atoms with Crippen LogP contribution < -0.4 is 4.90 Å². The highest BCUT2D eigenvalue weighted by atomic mass is 32.1. The second kappa shape index (κ2) is 12.9. The van der Waals surface area contributed by atoms with E-state index in [4.69, 9.17) is 4.42 Å². The third kappa shape index (κ3) is 5.40. The number of benzene rings is 9. The summed E-state index contributed by atoms with van der Waals surface area (Å²) in [7, 11) is 0. The molecular formula is C52H33NOS. The van der Waals surface area contributed by atoms with Gasteiger partial charge in [-0.25, -0.2) is 0 Å². The molecule has 0 N–H and O–H groups in total. The van der Waals surface area contributed by atoms with Crippen LogP contribution in [0.4, 0.5) is 17.1 Å². The number of fused-ring (bicyclic) bond motifs is 8. The van der Waals surface area contributed by atoms with Crippen LogP contribution in [-0.4, -0.2) is 0 Å². The molecule has 258 valence electrons. The molecule has 55 heavy (non-hydrogen) atoms. The van der Waals surface area contributed by atoms with Crippen molar-refractivity contribution in [1.29, 1.82) is 0 Å². The van der Waals surface area contributed by atoms with Crippen molar-refractivity contribution in [3.8, 4) is 33.4 Å². The van der Waals surface area contributed by atoms with Crippen molar-refractivity contribution in [2.75, 3.05) is 4.90 Å². The lowest BCUT2D eigenvalue weighted by atomic mass is 9.97. The minimum absolute atomic E-state index is 0.918. The van der Waals surface area contributed by atoms with E-state index < -0.39 is 0 Å². The van der Waals surface area contributed by atoms with Gasteiger partial charge in [-0.3, -0.25) is 0 Å². The summed E-state index contributed by atoms with van der Waals surface area (Å²) in [6.07, 6.45) is 0. The van der Waals surface area contributed by atoms with E-state index in [1.165, 1.54) is 69.7 Å². The lowest BCUT2D eigenvalue weighted by Gasteiger charge is -2.26. The van der Waals surface area contributed by atoms with Gasteiger partial charge >= 0.3 is 0 Å². The van der Waals surface area contributed by atoms with Gasteiger partial charge in [0.2, 0.25) is 0 Å². The highest BCUT2D eigenvalue weighted by Crippen LogP contribution is 2.43. The van der Waals surface area contributed by atoms with E-state index >= 15 is 0 Å². The number of rotatable bonds is 6. The topological polar surface area (TPSA) is 16.4 Å². The molecule has 0 saturated heterocycles. The van der Waals surface area contributed by atoms with Crippen molar-refractivity contribution in [3.63, 3.8) is 0 Å². The number of furan rings is 1. The van der Waals surface area contributed by atoms with Gasteiger partial charge in [0.1, 0.15) is 11.2 Å². The number of hydrogen-bond donors (Lipinski definition) is 0. The average Bonchev–Trinajstić information content (AvgIpc) is 3.84. The maximum absolute atomic E-state index is 6.23. The Morgan fingerprint density at radius 1 is 0.364 bits per heavy atom. The fourth-order valence-corrected chi connectivity index (χ4v) is 9.43. The first kappa shape index (κ1) is 31.6. The molecular weight excluding hydrogens is 687 g/mol. The average molecular weight is 720 g/mol. The Labute approximate surface area is 322 Å². The largest absolute Gasteiger partial charge is 0.456 e. The molecule has 2 aromatic heterocycles. The smallest absolute Gasteiger partial charge is 0.136 e. The monoisotopic (exact) mass is 719 g/mol. The van der Waals surface area contributed by atoms with E-state index in [1.54, 1.807) is 0 Å². The zero-order valence-corrected chi connectivity index (χ0v) is 30.6. The van der Waals surface area contributed by atoms with Crippen LogP contribution in [0, 0.1) is 0 Å². The Morgan fingerprint density at radius 3 is 1.82 bits per heavy atom. The van der Waals surface area contributed by atoms with Gasteiger partial charge in [0.05, 0.1) is 0 Å². The Morgan fingerprint density at radius 2 is 0.982 bits per heavy atom. The summed E-state index contributed by atoms with van der Waals surface area (Å²) in [5.74, 6) is 0. The summed E-state index contributed by atoms with van der Waals surface area (Å²) in [6.45, 7) is 0. The van der Waals surface area contributed by atoms with Gasteiger partial charge in [0, 0.05) is 48.0 Å². The zero-order valence-electron chi connectivity index (χ0n) is 29.8. The molecule has 0 atom stereocenters. The predicted octanol–water partition coefficient (Wildman–Crippen LogP) is 15.6. The summed E-state index contributed by atoms with van der Waals surface area (Å²) in [4.78, 5) is 2.36. The summed E-state index contributed by atoms with van der Waals surface area (Å²) >= 11 is 1.87. The zero-order chi connectivity index (χ0) is 36.3. The van der Waals surface area contributed by atoms with Crippen molar-refractivity contribution >= 4 is 81.3 Å². The van der Waals surface area contributed by atoms with Gasteiger partial charge in [0.25, 0.3) is 0 Å². The maximum atomic E-state index is 6.23. The summed E-state index contributed by atoms with van der Waals surface area (Å²) in [5, 5.41) is 7.36. The van der Waals surface area contributed by atoms with Crippen LogP contribution >= 0.6 is 11.3 Å². The summed E-state index contributed by atoms with van der Waals surface area (Å²) in [6, 6.07) is 72.2. The van der Waals surface area contributed by atoms with Gasteiger partial charge in [-0.05, 0) is 105 Å². The number of para-hydroxylation sites is 1. The van der Waals surface area contributed by atoms with Crippen LogP contribution in [0.3, 0.4) is 0 Å². The number of thiophene rings is 1. The molecule has 0 spiro atoms. The maximum Gasteiger partial charge on any atom is 0.136 e. The number of nitrogens with zero attached hydrogens (tertiary/aromatic N) is 1. The molecule has 0 amide bonds. The van der Waals surface area contributed by atoms with Crippen molar-refractivity contribution in [2.24, 2.45) is 0 Å². The molecule has 9 aromatic carbocycles. The molecule has 0 saturated carbocycles. The Balaban J connectivity index is 1.01. The molecule has 11 aromatic rings. The molecule has 0 unspecified atom stereocenters. The van der Waals surface area contributed by atoms with Crippen molar-refractivity contribution in [2.45, 2.75) is 0 Å². The van der Waals surface area contributed by atoms with Crippen LogP contribution in [0.25, 0.3) is 86.3 Å². The van der Waals surface area contributed by atoms with Crippen LogP contribution in [0.2, 0.25) is 0 Å². The van der Waals surface area contributed by atoms with E-state index in [1.807, 2.05) is 23.5 Å². The second-order valence-corrected chi connectivity index (χ2v) is 15.2. The molecule has 2 nitrogen and oxygen atoms in total. The first-order valence-electron chi connectivity index (χ1n) is 18.7. The Hall–Kier alpha value is -6.94. The van der Waals surface area contributed by atoms with Crippen molar-refractivity contribution < 1.29 is 4.42 Å². The van der Waals surface area contributed by atoms with Gasteiger partial charge in [0.15, 0.2) is 0 Å². The first-order chi connectivity index (χ1) is 27.2. The normalized spacial score (nSPS) is 11.6. The summed E-state index contributed by atoms with van der Waals surface area (Å²) < 4.78 is 8.88. The Kier molecular flexibility index (Phi) is 7.39. The van der Waals surface area contributed by atoms with E-state index in [0.717, 1.165) is 33.6 Å².